The average Bonchev–Trinajstić information content (AvgIpc) is 3.59. The second kappa shape index (κ2) is 16.8. The number of aliphatic hydroxyl groups is 2. The van der Waals surface area contributed by atoms with Crippen molar-refractivity contribution < 1.29 is 29.8 Å². The van der Waals surface area contributed by atoms with E-state index in [9.17, 15) is 20.1 Å². The van der Waals surface area contributed by atoms with E-state index in [0.29, 0.717) is 38.3 Å². The molecule has 0 saturated heterocycles. The van der Waals surface area contributed by atoms with Crippen molar-refractivity contribution in [2.45, 2.75) is 96.4 Å². The summed E-state index contributed by atoms with van der Waals surface area (Å²) in [5.41, 5.74) is 17.9. The number of fused-ring (bicyclic) bond motifs is 1. The maximum Gasteiger partial charge on any atom is 0.227 e. The number of aliphatic imine (C=N–C) groups is 1. The largest absolute Gasteiger partial charge is 0.504 e. The topological polar surface area (TPSA) is 156 Å². The number of nitrogens with two attached hydrogens (primary N) is 2. The minimum atomic E-state index is -0.846. The first-order chi connectivity index (χ1) is 21.7. The summed E-state index contributed by atoms with van der Waals surface area (Å²) < 4.78 is 6.06. The smallest absolute Gasteiger partial charge is 0.227 e. The number of hydrogen-bond acceptors (Lipinski definition) is 8. The van der Waals surface area contributed by atoms with Gasteiger partial charge in [-0.25, -0.2) is 0 Å². The van der Waals surface area contributed by atoms with Gasteiger partial charge in [-0.2, -0.15) is 0 Å². The first-order valence-electron chi connectivity index (χ1n) is 16.4. The van der Waals surface area contributed by atoms with Crippen LogP contribution < -0.4 is 21.1 Å². The molecule has 0 amide bonds. The van der Waals surface area contributed by atoms with Crippen LogP contribution in [-0.2, 0) is 17.6 Å². The number of quaternary nitrogens is 1. The first kappa shape index (κ1) is 34.5. The Bertz CT molecular complexity index is 1390. The number of allylic oxidation sites excluding steroid dienone is 1. The Kier molecular flexibility index (Phi) is 12.9. The zero-order valence-electron chi connectivity index (χ0n) is 26.8. The lowest BCUT2D eigenvalue weighted by molar-refractivity contribution is -0.851. The highest BCUT2D eigenvalue weighted by Gasteiger charge is 2.31. The second-order valence-electron chi connectivity index (χ2n) is 12.5. The van der Waals surface area contributed by atoms with Crippen LogP contribution in [0.2, 0.25) is 0 Å². The van der Waals surface area contributed by atoms with Gasteiger partial charge >= 0.3 is 0 Å². The van der Waals surface area contributed by atoms with Crippen LogP contribution in [0.4, 0.5) is 0 Å². The van der Waals surface area contributed by atoms with Crippen molar-refractivity contribution >= 4 is 11.5 Å². The first-order valence-corrected chi connectivity index (χ1v) is 16.4. The Balaban J connectivity index is 1.32. The molecular weight excluding hydrogens is 568 g/mol. The molecule has 9 nitrogen and oxygen atoms in total. The van der Waals surface area contributed by atoms with E-state index in [1.165, 1.54) is 0 Å². The van der Waals surface area contributed by atoms with Gasteiger partial charge < -0.3 is 31.5 Å². The number of ether oxygens (including phenoxy) is 1. The molecule has 244 valence electrons. The number of nitrogens with zero attached hydrogens (tertiary/aromatic N) is 1. The second-order valence-corrected chi connectivity index (χ2v) is 12.5. The van der Waals surface area contributed by atoms with E-state index in [1.54, 1.807) is 18.2 Å². The van der Waals surface area contributed by atoms with Gasteiger partial charge in [-0.15, -0.1) is 0 Å². The third-order valence-electron chi connectivity index (χ3n) is 8.74. The number of phenolic OH excluding ortho intramolecular Hbond substituents is 1. The predicted octanol–water partition coefficient (Wildman–Crippen LogP) is 3.62. The van der Waals surface area contributed by atoms with Crippen LogP contribution in [0.15, 0.2) is 71.0 Å². The molecule has 45 heavy (non-hydrogen) atoms. The fourth-order valence-corrected chi connectivity index (χ4v) is 6.16. The molecule has 2 heterocycles. The number of Topliss-reactive ketones (excluding diaryl/α,β-unsaturated/α-hetero) is 1. The molecule has 0 spiro atoms. The third kappa shape index (κ3) is 9.82. The monoisotopic (exact) mass is 619 g/mol. The van der Waals surface area contributed by atoms with E-state index in [4.69, 9.17) is 16.2 Å². The van der Waals surface area contributed by atoms with Gasteiger partial charge in [0, 0.05) is 18.5 Å². The van der Waals surface area contributed by atoms with Crippen molar-refractivity contribution in [3.63, 3.8) is 0 Å². The number of ketones is 1. The summed E-state index contributed by atoms with van der Waals surface area (Å²) in [4.78, 5) is 19.0. The molecule has 4 atom stereocenters. The van der Waals surface area contributed by atoms with E-state index < -0.39 is 24.3 Å². The molecule has 9 heteroatoms. The van der Waals surface area contributed by atoms with Crippen LogP contribution in [-0.4, -0.2) is 52.3 Å². The number of unbranched alkanes of at least 4 members (excludes halogenated alkanes) is 2. The lowest BCUT2D eigenvalue weighted by atomic mass is 9.85. The standard InChI is InChI=1S/C36H50N4O5/c1-3-5-6-11-29(34(44)19-28(41)8-4-2)32(42)14-12-24-13-15-33(43)35(18-24)45-23-40-21-30-27(20-39-31(30)22-40)17-25-9-7-10-26(16-25)36(37)38/h7,9-10,13,15-16,18,20-21,28-29,34,36,41,43-44H,3-6,8,11-12,14,17,19,22-23,37-38H2,1-2H3/p+1/t28-,29-,34-/m1/s1. The molecule has 0 aromatic heterocycles. The number of phenols is 1. The summed E-state index contributed by atoms with van der Waals surface area (Å²) in [7, 11) is 0. The number of hydrogen-bond donors (Lipinski definition) is 6. The number of carbonyl (C=O) groups is 1. The normalized spacial score (nSPS) is 17.8. The van der Waals surface area contributed by atoms with Crippen molar-refractivity contribution in [1.82, 2.24) is 0 Å². The van der Waals surface area contributed by atoms with Crippen molar-refractivity contribution in [1.29, 1.82) is 0 Å². The number of aromatic hydroxyl groups is 1. The Morgan fingerprint density at radius 2 is 1.87 bits per heavy atom. The Morgan fingerprint density at radius 3 is 2.62 bits per heavy atom. The van der Waals surface area contributed by atoms with Crippen LogP contribution >= 0.6 is 0 Å². The molecule has 8 N–H and O–H groups in total. The van der Waals surface area contributed by atoms with E-state index in [-0.39, 0.29) is 24.4 Å². The molecular formula is C36H51N4O5+. The summed E-state index contributed by atoms with van der Waals surface area (Å²) in [6.45, 7) is 5.11. The highest BCUT2D eigenvalue weighted by Crippen LogP contribution is 2.29. The molecule has 2 aromatic rings. The minimum Gasteiger partial charge on any atom is -0.504 e. The molecule has 2 aliphatic heterocycles. The van der Waals surface area contributed by atoms with Crippen LogP contribution in [0.3, 0.4) is 0 Å². The van der Waals surface area contributed by atoms with Crippen LogP contribution in [0.25, 0.3) is 0 Å². The van der Waals surface area contributed by atoms with E-state index in [0.717, 1.165) is 70.6 Å². The van der Waals surface area contributed by atoms with Crippen molar-refractivity contribution in [2.75, 3.05) is 13.3 Å². The summed E-state index contributed by atoms with van der Waals surface area (Å²) in [5.74, 6) is -0.0473. The van der Waals surface area contributed by atoms with E-state index in [1.807, 2.05) is 31.3 Å². The summed E-state index contributed by atoms with van der Waals surface area (Å²) in [6, 6.07) is 13.2. The highest BCUT2D eigenvalue weighted by atomic mass is 16.5. The molecule has 0 saturated carbocycles. The fraction of sp³-hybridized carbons (Fsp3) is 0.500. The average molecular weight is 620 g/mol. The molecule has 0 fully saturated rings. The Hall–Kier alpha value is -3.34. The SMILES string of the molecule is CCCCC[C@H](C(=O)CCc1ccc(O)c(OC[NH+]2C=C3C(Cc4cccc(C(N)N)c4)=CN=C3C2)c1)[C@H](O)C[C@H](O)CCC. The predicted molar refractivity (Wildman–Crippen MR) is 177 cm³/mol. The van der Waals surface area contributed by atoms with E-state index >= 15 is 0 Å². The number of aliphatic hydroxyl groups excluding tert-OH is 2. The zero-order chi connectivity index (χ0) is 32.3. The van der Waals surface area contributed by atoms with Gasteiger partial charge in [0.2, 0.25) is 6.73 Å². The maximum atomic E-state index is 13.3. The van der Waals surface area contributed by atoms with Crippen LogP contribution in [0, 0.1) is 5.92 Å². The summed E-state index contributed by atoms with van der Waals surface area (Å²) >= 11 is 0. The minimum absolute atomic E-state index is 0.0137. The lowest BCUT2D eigenvalue weighted by Crippen LogP contribution is -3.07. The Labute approximate surface area is 267 Å². The molecule has 0 bridgehead atoms. The highest BCUT2D eigenvalue weighted by molar-refractivity contribution is 6.08. The quantitative estimate of drug-likeness (QED) is 0.104. The van der Waals surface area contributed by atoms with Crippen LogP contribution in [0.1, 0.15) is 88.1 Å². The lowest BCUT2D eigenvalue weighted by Gasteiger charge is -2.24. The van der Waals surface area contributed by atoms with Gasteiger partial charge in [0.15, 0.2) is 11.5 Å². The van der Waals surface area contributed by atoms with E-state index in [2.05, 4.69) is 24.2 Å². The molecule has 2 aliphatic rings. The van der Waals surface area contributed by atoms with Gasteiger partial charge in [-0.3, -0.25) is 14.7 Å². The maximum absolute atomic E-state index is 13.3. The van der Waals surface area contributed by atoms with Gasteiger partial charge in [-0.1, -0.05) is 69.9 Å². The molecule has 4 rings (SSSR count). The summed E-state index contributed by atoms with van der Waals surface area (Å²) in [5, 5.41) is 31.6. The molecule has 0 radical (unpaired) electrons. The number of carbonyl (C=O) groups excluding carboxylic acids is 1. The van der Waals surface area contributed by atoms with Crippen molar-refractivity contribution in [3.05, 3.63) is 82.7 Å². The van der Waals surface area contributed by atoms with Gasteiger partial charge in [0.05, 0.1) is 23.9 Å². The fourth-order valence-electron chi connectivity index (χ4n) is 6.16. The summed E-state index contributed by atoms with van der Waals surface area (Å²) in [6.07, 6.45) is 8.78. The van der Waals surface area contributed by atoms with Crippen molar-refractivity contribution in [2.24, 2.45) is 22.4 Å². The number of benzene rings is 2. The third-order valence-corrected chi connectivity index (χ3v) is 8.74. The zero-order valence-corrected chi connectivity index (χ0v) is 26.8. The molecule has 1 unspecified atom stereocenters. The Morgan fingerprint density at radius 1 is 1.04 bits per heavy atom. The van der Waals surface area contributed by atoms with Crippen molar-refractivity contribution in [3.8, 4) is 11.5 Å². The van der Waals surface area contributed by atoms with Crippen LogP contribution in [0.5, 0.6) is 11.5 Å². The van der Waals surface area contributed by atoms with Gasteiger partial charge in [-0.05, 0) is 66.5 Å². The molecule has 0 aliphatic carbocycles. The molecule has 2 aromatic carbocycles. The number of nitrogens with one attached hydrogen (secondary N) is 1. The van der Waals surface area contributed by atoms with Gasteiger partial charge in [0.1, 0.15) is 24.2 Å². The number of aryl methyl sites for hydroxylation is 1. The van der Waals surface area contributed by atoms with Gasteiger partial charge in [0.25, 0.3) is 0 Å². The number of rotatable bonds is 19.